The van der Waals surface area contributed by atoms with Gasteiger partial charge in [-0.25, -0.2) is 0 Å². The minimum atomic E-state index is 0.0708. The second-order valence-corrected chi connectivity index (χ2v) is 4.64. The Labute approximate surface area is 96.6 Å². The highest BCUT2D eigenvalue weighted by Crippen LogP contribution is 2.32. The van der Waals surface area contributed by atoms with Gasteiger partial charge in [0.2, 0.25) is 0 Å². The van der Waals surface area contributed by atoms with Gasteiger partial charge in [0.15, 0.2) is 5.78 Å². The van der Waals surface area contributed by atoms with Gasteiger partial charge in [0, 0.05) is 0 Å². The largest absolute Gasteiger partial charge is 0.493 e. The van der Waals surface area contributed by atoms with Crippen molar-refractivity contribution in [2.45, 2.75) is 33.1 Å². The Bertz CT molecular complexity index is 392. The Kier molecular flexibility index (Phi) is 3.28. The van der Waals surface area contributed by atoms with E-state index < -0.39 is 0 Å². The highest BCUT2D eigenvalue weighted by molar-refractivity contribution is 5.96. The van der Waals surface area contributed by atoms with E-state index in [4.69, 9.17) is 4.74 Å². The molecule has 0 atom stereocenters. The molecular formula is C14H18O2. The van der Waals surface area contributed by atoms with Gasteiger partial charge in [-0.2, -0.15) is 0 Å². The first-order chi connectivity index (χ1) is 7.66. The van der Waals surface area contributed by atoms with Crippen LogP contribution in [0.4, 0.5) is 0 Å². The maximum Gasteiger partial charge on any atom is 0.163 e. The molecule has 0 radical (unpaired) electrons. The lowest BCUT2D eigenvalue weighted by Crippen LogP contribution is -2.03. The Morgan fingerprint density at radius 1 is 1.44 bits per heavy atom. The fraction of sp³-hybridized carbons (Fsp3) is 0.500. The minimum Gasteiger partial charge on any atom is -0.493 e. The van der Waals surface area contributed by atoms with E-state index in [0.29, 0.717) is 5.56 Å². The van der Waals surface area contributed by atoms with E-state index in [1.807, 2.05) is 25.1 Å². The number of ketones is 1. The van der Waals surface area contributed by atoms with Gasteiger partial charge in [-0.1, -0.05) is 18.9 Å². The third kappa shape index (κ3) is 2.84. The van der Waals surface area contributed by atoms with Crippen molar-refractivity contribution in [1.82, 2.24) is 0 Å². The molecular weight excluding hydrogens is 200 g/mol. The molecule has 0 heterocycles. The lowest BCUT2D eigenvalue weighted by molar-refractivity contribution is 0.101. The van der Waals surface area contributed by atoms with Gasteiger partial charge in [0.25, 0.3) is 0 Å². The molecule has 0 saturated heterocycles. The minimum absolute atomic E-state index is 0.0708. The fourth-order valence-electron chi connectivity index (χ4n) is 1.78. The number of Topliss-reactive ketones (excluding diaryl/α,β-unsaturated/α-hetero) is 1. The summed E-state index contributed by atoms with van der Waals surface area (Å²) in [5.41, 5.74) is 1.83. The molecule has 1 aliphatic rings. The summed E-state index contributed by atoms with van der Waals surface area (Å²) in [5, 5.41) is 0. The number of carbonyl (C=O) groups is 1. The number of rotatable bonds is 5. The summed E-state index contributed by atoms with van der Waals surface area (Å²) in [6, 6.07) is 5.75. The number of hydrogen-bond acceptors (Lipinski definition) is 2. The van der Waals surface area contributed by atoms with Gasteiger partial charge in [-0.05, 0) is 43.9 Å². The SMILES string of the molecule is CC(=O)c1ccc(C)cc1OCCC1CC1. The zero-order valence-corrected chi connectivity index (χ0v) is 9.95. The van der Waals surface area contributed by atoms with Crippen molar-refractivity contribution in [2.24, 2.45) is 5.92 Å². The molecule has 1 fully saturated rings. The summed E-state index contributed by atoms with van der Waals surface area (Å²) < 4.78 is 5.71. The van der Waals surface area contributed by atoms with Crippen molar-refractivity contribution in [2.75, 3.05) is 6.61 Å². The highest BCUT2D eigenvalue weighted by Gasteiger charge is 2.21. The van der Waals surface area contributed by atoms with Crippen molar-refractivity contribution < 1.29 is 9.53 Å². The van der Waals surface area contributed by atoms with Crippen LogP contribution in [0.1, 0.15) is 42.1 Å². The topological polar surface area (TPSA) is 26.3 Å². The quantitative estimate of drug-likeness (QED) is 0.708. The maximum absolute atomic E-state index is 11.4. The van der Waals surface area contributed by atoms with E-state index >= 15 is 0 Å². The van der Waals surface area contributed by atoms with E-state index in [0.717, 1.165) is 30.3 Å². The molecule has 0 bridgehead atoms. The van der Waals surface area contributed by atoms with Crippen LogP contribution in [0.2, 0.25) is 0 Å². The van der Waals surface area contributed by atoms with Crippen LogP contribution in [0.3, 0.4) is 0 Å². The van der Waals surface area contributed by atoms with E-state index in [-0.39, 0.29) is 5.78 Å². The van der Waals surface area contributed by atoms with Crippen LogP contribution >= 0.6 is 0 Å². The zero-order valence-electron chi connectivity index (χ0n) is 9.95. The second kappa shape index (κ2) is 4.69. The van der Waals surface area contributed by atoms with E-state index in [2.05, 4.69) is 0 Å². The van der Waals surface area contributed by atoms with Crippen molar-refractivity contribution in [3.63, 3.8) is 0 Å². The van der Waals surface area contributed by atoms with Crippen molar-refractivity contribution in [1.29, 1.82) is 0 Å². The molecule has 86 valence electrons. The fourth-order valence-corrected chi connectivity index (χ4v) is 1.78. The predicted octanol–water partition coefficient (Wildman–Crippen LogP) is 3.38. The first-order valence-corrected chi connectivity index (χ1v) is 5.91. The Balaban J connectivity index is 2.03. The molecule has 0 amide bonds. The third-order valence-corrected chi connectivity index (χ3v) is 3.00. The predicted molar refractivity (Wildman–Crippen MR) is 64.0 cm³/mol. The monoisotopic (exact) mass is 218 g/mol. The first kappa shape index (κ1) is 11.2. The normalized spacial score (nSPS) is 14.9. The molecule has 0 aliphatic heterocycles. The van der Waals surface area contributed by atoms with Crippen LogP contribution in [0.5, 0.6) is 5.75 Å². The molecule has 2 nitrogen and oxygen atoms in total. The van der Waals surface area contributed by atoms with Gasteiger partial charge in [-0.3, -0.25) is 4.79 Å². The standard InChI is InChI=1S/C14H18O2/c1-10-3-6-13(11(2)15)14(9-10)16-8-7-12-4-5-12/h3,6,9,12H,4-5,7-8H2,1-2H3. The number of carbonyl (C=O) groups excluding carboxylic acids is 1. The molecule has 0 unspecified atom stereocenters. The summed E-state index contributed by atoms with van der Waals surface area (Å²) in [7, 11) is 0. The van der Waals surface area contributed by atoms with Crippen LogP contribution in [0, 0.1) is 12.8 Å². The zero-order chi connectivity index (χ0) is 11.5. The molecule has 1 aromatic carbocycles. The average molecular weight is 218 g/mol. The summed E-state index contributed by atoms with van der Waals surface area (Å²) in [6.45, 7) is 4.32. The number of aryl methyl sites for hydroxylation is 1. The summed E-state index contributed by atoms with van der Waals surface area (Å²) >= 11 is 0. The molecule has 2 rings (SSSR count). The van der Waals surface area contributed by atoms with E-state index in [1.54, 1.807) is 6.92 Å². The molecule has 1 saturated carbocycles. The summed E-state index contributed by atoms with van der Waals surface area (Å²) in [5.74, 6) is 1.68. The lowest BCUT2D eigenvalue weighted by Gasteiger charge is -2.10. The van der Waals surface area contributed by atoms with Gasteiger partial charge in [0.05, 0.1) is 12.2 Å². The summed E-state index contributed by atoms with van der Waals surface area (Å²) in [6.07, 6.45) is 3.80. The highest BCUT2D eigenvalue weighted by atomic mass is 16.5. The van der Waals surface area contributed by atoms with Crippen molar-refractivity contribution in [3.05, 3.63) is 29.3 Å². The van der Waals surface area contributed by atoms with Crippen LogP contribution in [-0.2, 0) is 0 Å². The van der Waals surface area contributed by atoms with Gasteiger partial charge in [0.1, 0.15) is 5.75 Å². The third-order valence-electron chi connectivity index (χ3n) is 3.00. The van der Waals surface area contributed by atoms with Crippen LogP contribution in [-0.4, -0.2) is 12.4 Å². The molecule has 1 aromatic rings. The molecule has 0 N–H and O–H groups in total. The molecule has 1 aliphatic carbocycles. The van der Waals surface area contributed by atoms with Crippen molar-refractivity contribution in [3.8, 4) is 5.75 Å². The van der Waals surface area contributed by atoms with Crippen LogP contribution in [0.25, 0.3) is 0 Å². The Morgan fingerprint density at radius 2 is 2.19 bits per heavy atom. The second-order valence-electron chi connectivity index (χ2n) is 4.64. The van der Waals surface area contributed by atoms with Crippen molar-refractivity contribution >= 4 is 5.78 Å². The van der Waals surface area contributed by atoms with E-state index in [9.17, 15) is 4.79 Å². The lowest BCUT2D eigenvalue weighted by atomic mass is 10.1. The van der Waals surface area contributed by atoms with Crippen LogP contribution in [0.15, 0.2) is 18.2 Å². The van der Waals surface area contributed by atoms with Crippen LogP contribution < -0.4 is 4.74 Å². The number of benzene rings is 1. The summed E-state index contributed by atoms with van der Waals surface area (Å²) in [4.78, 5) is 11.4. The van der Waals surface area contributed by atoms with E-state index in [1.165, 1.54) is 12.8 Å². The number of hydrogen-bond donors (Lipinski definition) is 0. The molecule has 16 heavy (non-hydrogen) atoms. The molecule has 0 aromatic heterocycles. The Morgan fingerprint density at radius 3 is 2.81 bits per heavy atom. The first-order valence-electron chi connectivity index (χ1n) is 5.91. The van der Waals surface area contributed by atoms with Gasteiger partial charge >= 0.3 is 0 Å². The Hall–Kier alpha value is -1.31. The smallest absolute Gasteiger partial charge is 0.163 e. The molecule has 2 heteroatoms. The van der Waals surface area contributed by atoms with Gasteiger partial charge < -0.3 is 4.74 Å². The van der Waals surface area contributed by atoms with Gasteiger partial charge in [-0.15, -0.1) is 0 Å². The molecule has 0 spiro atoms. The number of ether oxygens (including phenoxy) is 1. The maximum atomic E-state index is 11.4. The average Bonchev–Trinajstić information content (AvgIpc) is 3.01.